The number of carbonyl (C=O) groups excluding carboxylic acids is 1. The molecule has 104 valence electrons. The number of fused-ring (bicyclic) bond motifs is 1. The van der Waals surface area contributed by atoms with Gasteiger partial charge in [-0.3, -0.25) is 9.59 Å². The highest BCUT2D eigenvalue weighted by Crippen LogP contribution is 2.17. The standard InChI is InChI=1S/C17H13NO2S/c1-11-6-8-13(9-7-11)18-16(19)14-10-12-4-2-3-5-15(12)21-17(14)20/h2-10H,1H3,(H,18,19). The van der Waals surface area contributed by atoms with E-state index >= 15 is 0 Å². The molecule has 1 heterocycles. The fourth-order valence-electron chi connectivity index (χ4n) is 2.06. The van der Waals surface area contributed by atoms with E-state index in [0.717, 1.165) is 27.0 Å². The van der Waals surface area contributed by atoms with Gasteiger partial charge < -0.3 is 5.32 Å². The van der Waals surface area contributed by atoms with Crippen molar-refractivity contribution < 1.29 is 4.79 Å². The van der Waals surface area contributed by atoms with Crippen molar-refractivity contribution >= 4 is 33.0 Å². The van der Waals surface area contributed by atoms with Crippen LogP contribution in [0.3, 0.4) is 0 Å². The second kappa shape index (κ2) is 5.50. The third-order valence-corrected chi connectivity index (χ3v) is 4.19. The monoisotopic (exact) mass is 295 g/mol. The molecule has 1 amide bonds. The Morgan fingerprint density at radius 1 is 1.05 bits per heavy atom. The average Bonchev–Trinajstić information content (AvgIpc) is 2.49. The van der Waals surface area contributed by atoms with E-state index in [-0.39, 0.29) is 16.2 Å². The van der Waals surface area contributed by atoms with Crippen LogP contribution in [0.1, 0.15) is 15.9 Å². The van der Waals surface area contributed by atoms with Crippen molar-refractivity contribution in [3.63, 3.8) is 0 Å². The van der Waals surface area contributed by atoms with Gasteiger partial charge in [0, 0.05) is 10.4 Å². The molecule has 1 N–H and O–H groups in total. The molecule has 3 rings (SSSR count). The van der Waals surface area contributed by atoms with Gasteiger partial charge in [0.1, 0.15) is 0 Å². The second-order valence-corrected chi connectivity index (χ2v) is 5.82. The quantitative estimate of drug-likeness (QED) is 0.781. The molecule has 0 atom stereocenters. The predicted molar refractivity (Wildman–Crippen MR) is 87.2 cm³/mol. The van der Waals surface area contributed by atoms with E-state index in [1.54, 1.807) is 6.07 Å². The molecular weight excluding hydrogens is 282 g/mol. The predicted octanol–water partition coefficient (Wildman–Crippen LogP) is 3.82. The summed E-state index contributed by atoms with van der Waals surface area (Å²) in [7, 11) is 0. The molecule has 0 fully saturated rings. The minimum atomic E-state index is -0.370. The zero-order valence-corrected chi connectivity index (χ0v) is 12.2. The van der Waals surface area contributed by atoms with Crippen LogP contribution in [0.4, 0.5) is 5.69 Å². The SMILES string of the molecule is Cc1ccc(NC(=O)c2cc3ccccc3sc2=O)cc1. The van der Waals surface area contributed by atoms with Gasteiger partial charge in [-0.15, -0.1) is 0 Å². The van der Waals surface area contributed by atoms with Crippen molar-refractivity contribution in [2.45, 2.75) is 6.92 Å². The summed E-state index contributed by atoms with van der Waals surface area (Å²) in [5, 5.41) is 3.66. The summed E-state index contributed by atoms with van der Waals surface area (Å²) in [4.78, 5) is 24.3. The molecule has 2 aromatic carbocycles. The van der Waals surface area contributed by atoms with Crippen molar-refractivity contribution in [1.82, 2.24) is 0 Å². The molecule has 0 bridgehead atoms. The van der Waals surface area contributed by atoms with Crippen LogP contribution in [-0.2, 0) is 0 Å². The Hall–Kier alpha value is -2.46. The lowest BCUT2D eigenvalue weighted by Crippen LogP contribution is -2.19. The summed E-state index contributed by atoms with van der Waals surface area (Å²) < 4.78 is 0.660. The van der Waals surface area contributed by atoms with Crippen LogP contribution in [-0.4, -0.2) is 5.91 Å². The molecule has 0 unspecified atom stereocenters. The third kappa shape index (κ3) is 2.85. The summed E-state index contributed by atoms with van der Waals surface area (Å²) in [5.74, 6) is -0.370. The fraction of sp³-hybridized carbons (Fsp3) is 0.0588. The van der Waals surface area contributed by atoms with Gasteiger partial charge in [0.05, 0.1) is 5.56 Å². The molecule has 3 nitrogen and oxygen atoms in total. The van der Waals surface area contributed by atoms with Gasteiger partial charge in [-0.25, -0.2) is 0 Å². The van der Waals surface area contributed by atoms with Gasteiger partial charge in [0.25, 0.3) is 5.91 Å². The van der Waals surface area contributed by atoms with Gasteiger partial charge in [0.2, 0.25) is 4.74 Å². The summed E-state index contributed by atoms with van der Waals surface area (Å²) >= 11 is 1.09. The van der Waals surface area contributed by atoms with E-state index in [1.807, 2.05) is 55.5 Å². The Morgan fingerprint density at radius 2 is 1.76 bits per heavy atom. The minimum absolute atomic E-state index is 0.180. The molecule has 3 aromatic rings. The van der Waals surface area contributed by atoms with E-state index in [2.05, 4.69) is 5.32 Å². The smallest absolute Gasteiger partial charge is 0.260 e. The lowest BCUT2D eigenvalue weighted by Gasteiger charge is -2.05. The average molecular weight is 295 g/mol. The summed E-state index contributed by atoms with van der Waals surface area (Å²) in [6.45, 7) is 1.98. The number of amides is 1. The summed E-state index contributed by atoms with van der Waals surface area (Å²) in [6.07, 6.45) is 0. The van der Waals surface area contributed by atoms with E-state index < -0.39 is 0 Å². The molecule has 0 radical (unpaired) electrons. The van der Waals surface area contributed by atoms with Crippen LogP contribution < -0.4 is 10.1 Å². The van der Waals surface area contributed by atoms with E-state index in [0.29, 0.717) is 5.69 Å². The highest BCUT2D eigenvalue weighted by Gasteiger charge is 2.12. The molecule has 1 aromatic heterocycles. The maximum atomic E-state index is 12.3. The minimum Gasteiger partial charge on any atom is -0.322 e. The zero-order chi connectivity index (χ0) is 14.8. The molecule has 0 aliphatic rings. The molecule has 0 aliphatic heterocycles. The number of anilines is 1. The highest BCUT2D eigenvalue weighted by molar-refractivity contribution is 7.16. The molecule has 21 heavy (non-hydrogen) atoms. The first-order chi connectivity index (χ1) is 10.1. The molecule has 0 spiro atoms. The van der Waals surface area contributed by atoms with Gasteiger partial charge in [-0.2, -0.15) is 0 Å². The molecule has 0 saturated carbocycles. The normalized spacial score (nSPS) is 10.5. The number of aryl methyl sites for hydroxylation is 1. The van der Waals surface area contributed by atoms with Gasteiger partial charge in [-0.05, 0) is 36.6 Å². The zero-order valence-electron chi connectivity index (χ0n) is 11.4. The van der Waals surface area contributed by atoms with Crippen molar-refractivity contribution in [2.24, 2.45) is 0 Å². The number of nitrogens with one attached hydrogen (secondary N) is 1. The maximum Gasteiger partial charge on any atom is 0.260 e. The second-order valence-electron chi connectivity index (χ2n) is 4.81. The van der Waals surface area contributed by atoms with Crippen LogP contribution in [0, 0.1) is 6.92 Å². The van der Waals surface area contributed by atoms with Crippen molar-refractivity contribution in [3.8, 4) is 0 Å². The maximum absolute atomic E-state index is 12.3. The Kier molecular flexibility index (Phi) is 3.54. The van der Waals surface area contributed by atoms with Crippen LogP contribution in [0.15, 0.2) is 59.4 Å². The largest absolute Gasteiger partial charge is 0.322 e. The van der Waals surface area contributed by atoms with Crippen molar-refractivity contribution in [1.29, 1.82) is 0 Å². The lowest BCUT2D eigenvalue weighted by molar-refractivity contribution is 0.102. The molecule has 0 aliphatic carbocycles. The Bertz CT molecular complexity index is 866. The molecule has 0 saturated heterocycles. The topological polar surface area (TPSA) is 46.2 Å². The number of carbonyl (C=O) groups is 1. The third-order valence-electron chi connectivity index (χ3n) is 3.20. The first-order valence-corrected chi connectivity index (χ1v) is 7.36. The highest BCUT2D eigenvalue weighted by atomic mass is 32.1. The van der Waals surface area contributed by atoms with Crippen molar-refractivity contribution in [3.05, 3.63) is 75.3 Å². The van der Waals surface area contributed by atoms with Crippen LogP contribution in [0.25, 0.3) is 10.1 Å². The Balaban J connectivity index is 1.95. The van der Waals surface area contributed by atoms with Gasteiger partial charge in [-0.1, -0.05) is 47.2 Å². The van der Waals surface area contributed by atoms with Crippen LogP contribution >= 0.6 is 11.3 Å². The lowest BCUT2D eigenvalue weighted by atomic mass is 10.2. The summed E-state index contributed by atoms with van der Waals surface area (Å²) in [6, 6.07) is 16.7. The molecular formula is C17H13NO2S. The number of hydrogen-bond donors (Lipinski definition) is 1. The fourth-order valence-corrected chi connectivity index (χ4v) is 2.91. The van der Waals surface area contributed by atoms with Crippen LogP contribution in [0.5, 0.6) is 0 Å². The molecule has 4 heteroatoms. The Labute approximate surface area is 125 Å². The Morgan fingerprint density at radius 3 is 2.52 bits per heavy atom. The van der Waals surface area contributed by atoms with Gasteiger partial charge >= 0.3 is 0 Å². The first-order valence-electron chi connectivity index (χ1n) is 6.54. The number of benzene rings is 2. The van der Waals surface area contributed by atoms with Crippen molar-refractivity contribution in [2.75, 3.05) is 5.32 Å². The first kappa shape index (κ1) is 13.5. The van der Waals surface area contributed by atoms with Crippen LogP contribution in [0.2, 0.25) is 0 Å². The van der Waals surface area contributed by atoms with E-state index in [1.165, 1.54) is 0 Å². The van der Waals surface area contributed by atoms with Gasteiger partial charge in [0.15, 0.2) is 0 Å². The summed E-state index contributed by atoms with van der Waals surface area (Å²) in [5.41, 5.74) is 1.98. The number of hydrogen-bond acceptors (Lipinski definition) is 3. The van der Waals surface area contributed by atoms with E-state index in [4.69, 9.17) is 0 Å². The number of rotatable bonds is 2. The van der Waals surface area contributed by atoms with E-state index in [9.17, 15) is 9.59 Å².